The van der Waals surface area contributed by atoms with Gasteiger partial charge in [0, 0.05) is 23.5 Å². The van der Waals surface area contributed by atoms with Crippen molar-refractivity contribution in [3.8, 4) is 0 Å². The van der Waals surface area contributed by atoms with Crippen LogP contribution in [0.25, 0.3) is 0 Å². The highest BCUT2D eigenvalue weighted by Crippen LogP contribution is 2.37. The summed E-state index contributed by atoms with van der Waals surface area (Å²) in [6.45, 7) is 2.49. The van der Waals surface area contributed by atoms with E-state index in [1.54, 1.807) is 12.1 Å². The van der Waals surface area contributed by atoms with Gasteiger partial charge in [-0.2, -0.15) is 0 Å². The predicted octanol–water partition coefficient (Wildman–Crippen LogP) is 2.70. The molecule has 1 spiro atoms. The Hall–Kier alpha value is -1.18. The Morgan fingerprint density at radius 3 is 2.80 bits per heavy atom. The van der Waals surface area contributed by atoms with Crippen molar-refractivity contribution < 1.29 is 14.4 Å². The first-order valence-corrected chi connectivity index (χ1v) is 7.36. The predicted molar refractivity (Wildman–Crippen MR) is 76.9 cm³/mol. The van der Waals surface area contributed by atoms with Crippen molar-refractivity contribution in [1.82, 2.24) is 0 Å². The number of ether oxygens (including phenoxy) is 2. The lowest BCUT2D eigenvalue weighted by atomic mass is 10.0. The molecule has 6 nitrogen and oxygen atoms in total. The second-order valence-electron chi connectivity index (χ2n) is 5.02. The molecular weight excluding hydrogens is 328 g/mol. The number of benzene rings is 1. The van der Waals surface area contributed by atoms with E-state index in [-0.39, 0.29) is 10.6 Å². The van der Waals surface area contributed by atoms with Crippen molar-refractivity contribution in [3.63, 3.8) is 0 Å². The molecule has 0 radical (unpaired) electrons. The summed E-state index contributed by atoms with van der Waals surface area (Å²) < 4.78 is 12.3. The van der Waals surface area contributed by atoms with E-state index in [0.29, 0.717) is 25.4 Å². The van der Waals surface area contributed by atoms with Gasteiger partial charge in [-0.15, -0.1) is 0 Å². The minimum atomic E-state index is -0.589. The molecule has 2 aliphatic rings. The monoisotopic (exact) mass is 342 g/mol. The molecule has 0 aromatic heterocycles. The maximum absolute atomic E-state index is 11.2. The Balaban J connectivity index is 1.92. The van der Waals surface area contributed by atoms with Crippen LogP contribution < -0.4 is 4.90 Å². The third-order valence-electron chi connectivity index (χ3n) is 3.71. The fourth-order valence-electron chi connectivity index (χ4n) is 2.83. The van der Waals surface area contributed by atoms with Gasteiger partial charge in [0.25, 0.3) is 5.69 Å². The molecule has 0 bridgehead atoms. The Bertz CT molecular complexity index is 531. The van der Waals surface area contributed by atoms with Crippen LogP contribution in [0.5, 0.6) is 0 Å². The number of nitro groups is 1. The van der Waals surface area contributed by atoms with Gasteiger partial charge in [0.1, 0.15) is 5.69 Å². The smallest absolute Gasteiger partial charge is 0.292 e. The molecule has 1 aromatic rings. The minimum absolute atomic E-state index is 0.114. The van der Waals surface area contributed by atoms with Gasteiger partial charge in [0.05, 0.1) is 24.7 Å². The van der Waals surface area contributed by atoms with Crippen molar-refractivity contribution >= 4 is 27.3 Å². The van der Waals surface area contributed by atoms with Gasteiger partial charge >= 0.3 is 0 Å². The fourth-order valence-corrected chi connectivity index (χ4v) is 3.18. The van der Waals surface area contributed by atoms with Crippen LogP contribution >= 0.6 is 15.9 Å². The summed E-state index contributed by atoms with van der Waals surface area (Å²) in [6, 6.07) is 4.99. The van der Waals surface area contributed by atoms with Crippen LogP contribution in [0.1, 0.15) is 12.8 Å². The van der Waals surface area contributed by atoms with Gasteiger partial charge in [-0.3, -0.25) is 10.1 Å². The topological polar surface area (TPSA) is 64.8 Å². The number of hydrogen-bond donors (Lipinski definition) is 0. The normalized spacial score (nSPS) is 21.4. The first kappa shape index (κ1) is 13.8. The lowest BCUT2D eigenvalue weighted by Gasteiger charge is -2.39. The molecule has 3 rings (SSSR count). The Kier molecular flexibility index (Phi) is 3.66. The molecule has 0 unspecified atom stereocenters. The van der Waals surface area contributed by atoms with Crippen LogP contribution in [-0.2, 0) is 9.47 Å². The van der Waals surface area contributed by atoms with Gasteiger partial charge in [-0.1, -0.05) is 15.9 Å². The average Bonchev–Trinajstić information content (AvgIpc) is 2.86. The molecule has 0 atom stereocenters. The highest BCUT2D eigenvalue weighted by molar-refractivity contribution is 9.10. The molecular formula is C13H15BrN2O4. The van der Waals surface area contributed by atoms with Crippen molar-refractivity contribution in [2.45, 2.75) is 18.6 Å². The van der Waals surface area contributed by atoms with Gasteiger partial charge in [0.15, 0.2) is 5.79 Å². The number of halogens is 1. The molecule has 2 aliphatic heterocycles. The molecule has 1 aromatic carbocycles. The zero-order valence-corrected chi connectivity index (χ0v) is 12.5. The Labute approximate surface area is 124 Å². The number of rotatable bonds is 2. The van der Waals surface area contributed by atoms with Gasteiger partial charge in [-0.05, 0) is 18.6 Å². The SMILES string of the molecule is O=[N+]([O-])c1ccc(Br)cc1N1CCCC2(C1)OCCO2. The summed E-state index contributed by atoms with van der Waals surface area (Å²) in [5.41, 5.74) is 0.728. The zero-order chi connectivity index (χ0) is 14.2. The molecule has 0 aliphatic carbocycles. The zero-order valence-electron chi connectivity index (χ0n) is 10.9. The summed E-state index contributed by atoms with van der Waals surface area (Å²) in [4.78, 5) is 12.8. The van der Waals surface area contributed by atoms with Crippen LogP contribution in [0, 0.1) is 10.1 Å². The van der Waals surface area contributed by atoms with Crippen LogP contribution in [0.15, 0.2) is 22.7 Å². The van der Waals surface area contributed by atoms with Crippen LogP contribution in [0.2, 0.25) is 0 Å². The Morgan fingerprint density at radius 1 is 1.35 bits per heavy atom. The standard InChI is InChI=1S/C13H15BrN2O4/c14-10-2-3-11(16(17)18)12(8-10)15-5-1-4-13(9-15)19-6-7-20-13/h2-3,8H,1,4-7,9H2. The average molecular weight is 343 g/mol. The van der Waals surface area contributed by atoms with E-state index in [9.17, 15) is 10.1 Å². The van der Waals surface area contributed by atoms with E-state index in [1.165, 1.54) is 6.07 Å². The summed E-state index contributed by atoms with van der Waals surface area (Å²) in [5, 5.41) is 11.2. The number of nitro benzene ring substituents is 1. The third-order valence-corrected chi connectivity index (χ3v) is 4.20. The largest absolute Gasteiger partial charge is 0.361 e. The van der Waals surface area contributed by atoms with E-state index in [0.717, 1.165) is 23.9 Å². The first-order chi connectivity index (χ1) is 9.60. The number of nitrogens with zero attached hydrogens (tertiary/aromatic N) is 2. The minimum Gasteiger partial charge on any atom is -0.361 e. The highest BCUT2D eigenvalue weighted by atomic mass is 79.9. The summed E-state index contributed by atoms with van der Waals surface area (Å²) in [7, 11) is 0. The molecule has 0 saturated carbocycles. The van der Waals surface area contributed by atoms with Crippen molar-refractivity contribution in [2.75, 3.05) is 31.2 Å². The molecule has 0 amide bonds. The molecule has 0 N–H and O–H groups in total. The van der Waals surface area contributed by atoms with E-state index in [4.69, 9.17) is 9.47 Å². The molecule has 2 heterocycles. The van der Waals surface area contributed by atoms with E-state index in [2.05, 4.69) is 15.9 Å². The van der Waals surface area contributed by atoms with Crippen molar-refractivity contribution in [2.24, 2.45) is 0 Å². The van der Waals surface area contributed by atoms with E-state index < -0.39 is 5.79 Å². The molecule has 2 fully saturated rings. The first-order valence-electron chi connectivity index (χ1n) is 6.56. The van der Waals surface area contributed by atoms with Crippen LogP contribution in [-0.4, -0.2) is 37.0 Å². The summed E-state index contributed by atoms with van der Waals surface area (Å²) >= 11 is 3.38. The molecule has 108 valence electrons. The lowest BCUT2D eigenvalue weighted by Crippen LogP contribution is -2.49. The fraction of sp³-hybridized carbons (Fsp3) is 0.538. The highest BCUT2D eigenvalue weighted by Gasteiger charge is 2.41. The molecule has 2 saturated heterocycles. The molecule has 20 heavy (non-hydrogen) atoms. The quantitative estimate of drug-likeness (QED) is 0.610. The number of anilines is 1. The third kappa shape index (κ3) is 2.53. The lowest BCUT2D eigenvalue weighted by molar-refractivity contribution is -0.384. The van der Waals surface area contributed by atoms with E-state index in [1.807, 2.05) is 4.90 Å². The summed E-state index contributed by atoms with van der Waals surface area (Å²) in [6.07, 6.45) is 1.73. The van der Waals surface area contributed by atoms with Crippen molar-refractivity contribution in [1.29, 1.82) is 0 Å². The van der Waals surface area contributed by atoms with Crippen molar-refractivity contribution in [3.05, 3.63) is 32.8 Å². The second-order valence-corrected chi connectivity index (χ2v) is 5.94. The van der Waals surface area contributed by atoms with Gasteiger partial charge in [0.2, 0.25) is 0 Å². The van der Waals surface area contributed by atoms with Crippen LogP contribution in [0.4, 0.5) is 11.4 Å². The molecule has 7 heteroatoms. The summed E-state index contributed by atoms with van der Waals surface area (Å²) in [5.74, 6) is -0.589. The van der Waals surface area contributed by atoms with Crippen LogP contribution in [0.3, 0.4) is 0 Å². The Morgan fingerprint density at radius 2 is 2.10 bits per heavy atom. The van der Waals surface area contributed by atoms with Gasteiger partial charge in [-0.25, -0.2) is 0 Å². The maximum atomic E-state index is 11.2. The number of piperidine rings is 1. The van der Waals surface area contributed by atoms with E-state index >= 15 is 0 Å². The second kappa shape index (κ2) is 5.31. The van der Waals surface area contributed by atoms with Gasteiger partial charge < -0.3 is 14.4 Å². The number of hydrogen-bond acceptors (Lipinski definition) is 5. The maximum Gasteiger partial charge on any atom is 0.292 e.